The molecular weight excluding hydrogens is 229 g/mol. The molecule has 94 valence electrons. The van der Waals surface area contributed by atoms with E-state index in [9.17, 15) is 4.39 Å². The predicted octanol–water partition coefficient (Wildman–Crippen LogP) is 3.14. The molecule has 3 heteroatoms. The summed E-state index contributed by atoms with van der Waals surface area (Å²) in [4.78, 5) is 0. The molecule has 2 nitrogen and oxygen atoms in total. The maximum absolute atomic E-state index is 13.3. The first-order valence-corrected chi connectivity index (χ1v) is 5.81. The lowest BCUT2D eigenvalue weighted by molar-refractivity contribution is 0.414. The van der Waals surface area contributed by atoms with Crippen LogP contribution in [0.2, 0.25) is 0 Å². The molecule has 0 saturated carbocycles. The molecule has 1 unspecified atom stereocenters. The first kappa shape index (κ1) is 12.6. The lowest BCUT2D eigenvalue weighted by Gasteiger charge is -2.18. The van der Waals surface area contributed by atoms with Crippen molar-refractivity contribution in [1.82, 2.24) is 5.32 Å². The van der Waals surface area contributed by atoms with E-state index in [1.54, 1.807) is 19.2 Å². The van der Waals surface area contributed by atoms with Crippen molar-refractivity contribution in [3.63, 3.8) is 0 Å². The molecule has 0 fully saturated rings. The fraction of sp³-hybridized carbons (Fsp3) is 0.200. The first-order valence-electron chi connectivity index (χ1n) is 5.81. The molecule has 0 aliphatic heterocycles. The van der Waals surface area contributed by atoms with Gasteiger partial charge in [0.05, 0.1) is 13.2 Å². The molecule has 2 rings (SSSR count). The first-order chi connectivity index (χ1) is 8.74. The van der Waals surface area contributed by atoms with E-state index in [1.807, 2.05) is 37.4 Å². The minimum Gasteiger partial charge on any atom is -0.497 e. The van der Waals surface area contributed by atoms with Crippen LogP contribution < -0.4 is 10.1 Å². The summed E-state index contributed by atoms with van der Waals surface area (Å²) in [6.07, 6.45) is 0. The topological polar surface area (TPSA) is 21.3 Å². The molecule has 0 saturated heterocycles. The third-order valence-corrected chi connectivity index (χ3v) is 2.90. The minimum atomic E-state index is -0.226. The Kier molecular flexibility index (Phi) is 3.95. The summed E-state index contributed by atoms with van der Waals surface area (Å²) in [6.45, 7) is 0. The number of benzene rings is 2. The molecule has 1 atom stereocenters. The SMILES string of the molecule is CNC(c1cccc(F)c1)c1cccc(OC)c1. The average molecular weight is 245 g/mol. The molecule has 0 spiro atoms. The highest BCUT2D eigenvalue weighted by atomic mass is 19.1. The van der Waals surface area contributed by atoms with Crippen LogP contribution in [0.5, 0.6) is 5.75 Å². The van der Waals surface area contributed by atoms with Crippen molar-refractivity contribution in [2.75, 3.05) is 14.2 Å². The lowest BCUT2D eigenvalue weighted by Crippen LogP contribution is -2.17. The van der Waals surface area contributed by atoms with Crippen molar-refractivity contribution in [3.05, 3.63) is 65.5 Å². The van der Waals surface area contributed by atoms with Crippen LogP contribution in [0.4, 0.5) is 4.39 Å². The van der Waals surface area contributed by atoms with Gasteiger partial charge in [-0.3, -0.25) is 0 Å². The van der Waals surface area contributed by atoms with Crippen LogP contribution in [0.25, 0.3) is 0 Å². The van der Waals surface area contributed by atoms with E-state index >= 15 is 0 Å². The van der Waals surface area contributed by atoms with Crippen LogP contribution in [0.3, 0.4) is 0 Å². The normalized spacial score (nSPS) is 12.2. The van der Waals surface area contributed by atoms with Gasteiger partial charge in [-0.15, -0.1) is 0 Å². The van der Waals surface area contributed by atoms with Gasteiger partial charge in [-0.05, 0) is 42.4 Å². The monoisotopic (exact) mass is 245 g/mol. The third kappa shape index (κ3) is 2.68. The molecule has 2 aromatic carbocycles. The highest BCUT2D eigenvalue weighted by molar-refractivity contribution is 5.36. The van der Waals surface area contributed by atoms with E-state index in [0.717, 1.165) is 16.9 Å². The van der Waals surface area contributed by atoms with Gasteiger partial charge in [0.15, 0.2) is 0 Å². The Balaban J connectivity index is 2.38. The zero-order valence-electron chi connectivity index (χ0n) is 10.5. The van der Waals surface area contributed by atoms with E-state index in [0.29, 0.717) is 0 Å². The second kappa shape index (κ2) is 5.65. The van der Waals surface area contributed by atoms with Gasteiger partial charge in [0, 0.05) is 0 Å². The number of ether oxygens (including phenoxy) is 1. The molecule has 1 N–H and O–H groups in total. The zero-order valence-corrected chi connectivity index (χ0v) is 10.5. The predicted molar refractivity (Wildman–Crippen MR) is 70.3 cm³/mol. The molecule has 0 amide bonds. The van der Waals surface area contributed by atoms with Crippen molar-refractivity contribution in [2.45, 2.75) is 6.04 Å². The molecule has 2 aromatic rings. The molecule has 0 aromatic heterocycles. The second-order valence-corrected chi connectivity index (χ2v) is 4.05. The van der Waals surface area contributed by atoms with Crippen molar-refractivity contribution in [1.29, 1.82) is 0 Å². The van der Waals surface area contributed by atoms with E-state index in [2.05, 4.69) is 5.32 Å². The van der Waals surface area contributed by atoms with Crippen LogP contribution in [-0.4, -0.2) is 14.2 Å². The van der Waals surface area contributed by atoms with Gasteiger partial charge in [-0.25, -0.2) is 4.39 Å². The van der Waals surface area contributed by atoms with Crippen LogP contribution in [0.15, 0.2) is 48.5 Å². The number of halogens is 1. The lowest BCUT2D eigenvalue weighted by atomic mass is 9.98. The Morgan fingerprint density at radius 3 is 2.33 bits per heavy atom. The Morgan fingerprint density at radius 1 is 1.06 bits per heavy atom. The summed E-state index contributed by atoms with van der Waals surface area (Å²) >= 11 is 0. The standard InChI is InChI=1S/C15H16FNO/c1-17-15(11-5-3-7-13(16)9-11)12-6-4-8-14(10-12)18-2/h3-10,15,17H,1-2H3. The molecule has 18 heavy (non-hydrogen) atoms. The van der Waals surface area contributed by atoms with Crippen LogP contribution >= 0.6 is 0 Å². The molecule has 0 heterocycles. The van der Waals surface area contributed by atoms with E-state index in [1.165, 1.54) is 6.07 Å². The quantitative estimate of drug-likeness (QED) is 0.893. The molecular formula is C15H16FNO. The summed E-state index contributed by atoms with van der Waals surface area (Å²) in [5.41, 5.74) is 1.94. The van der Waals surface area contributed by atoms with E-state index in [-0.39, 0.29) is 11.9 Å². The largest absolute Gasteiger partial charge is 0.497 e. The second-order valence-electron chi connectivity index (χ2n) is 4.05. The highest BCUT2D eigenvalue weighted by Crippen LogP contribution is 2.25. The zero-order chi connectivity index (χ0) is 13.0. The summed E-state index contributed by atoms with van der Waals surface area (Å²) in [5.74, 6) is 0.569. The fourth-order valence-electron chi connectivity index (χ4n) is 2.03. The molecule has 0 aliphatic carbocycles. The van der Waals surface area contributed by atoms with Crippen LogP contribution in [0, 0.1) is 5.82 Å². The van der Waals surface area contributed by atoms with Crippen molar-refractivity contribution < 1.29 is 9.13 Å². The Labute approximate surface area is 106 Å². The smallest absolute Gasteiger partial charge is 0.123 e. The fourth-order valence-corrected chi connectivity index (χ4v) is 2.03. The van der Waals surface area contributed by atoms with Gasteiger partial charge >= 0.3 is 0 Å². The van der Waals surface area contributed by atoms with E-state index in [4.69, 9.17) is 4.74 Å². The van der Waals surface area contributed by atoms with Gasteiger partial charge in [0.25, 0.3) is 0 Å². The molecule has 0 bridgehead atoms. The van der Waals surface area contributed by atoms with Gasteiger partial charge in [0.1, 0.15) is 11.6 Å². The van der Waals surface area contributed by atoms with Crippen LogP contribution in [0.1, 0.15) is 17.2 Å². The maximum atomic E-state index is 13.3. The minimum absolute atomic E-state index is 0.0456. The summed E-state index contributed by atoms with van der Waals surface area (Å²) in [7, 11) is 3.49. The third-order valence-electron chi connectivity index (χ3n) is 2.90. The number of hydrogen-bond acceptors (Lipinski definition) is 2. The average Bonchev–Trinajstić information content (AvgIpc) is 2.40. The Morgan fingerprint density at radius 2 is 1.72 bits per heavy atom. The molecule has 0 aliphatic rings. The van der Waals surface area contributed by atoms with Crippen molar-refractivity contribution in [3.8, 4) is 5.75 Å². The van der Waals surface area contributed by atoms with Crippen molar-refractivity contribution >= 4 is 0 Å². The molecule has 0 radical (unpaired) electrons. The van der Waals surface area contributed by atoms with Gasteiger partial charge in [0.2, 0.25) is 0 Å². The number of hydrogen-bond donors (Lipinski definition) is 1. The number of rotatable bonds is 4. The van der Waals surface area contributed by atoms with Crippen molar-refractivity contribution in [2.24, 2.45) is 0 Å². The summed E-state index contributed by atoms with van der Waals surface area (Å²) in [5, 5.41) is 3.19. The van der Waals surface area contributed by atoms with Gasteiger partial charge in [-0.1, -0.05) is 24.3 Å². The van der Waals surface area contributed by atoms with Gasteiger partial charge < -0.3 is 10.1 Å². The summed E-state index contributed by atoms with van der Waals surface area (Å²) in [6, 6.07) is 14.3. The summed E-state index contributed by atoms with van der Waals surface area (Å²) < 4.78 is 18.5. The van der Waals surface area contributed by atoms with Crippen LogP contribution in [-0.2, 0) is 0 Å². The highest BCUT2D eigenvalue weighted by Gasteiger charge is 2.12. The Hall–Kier alpha value is -1.87. The van der Waals surface area contributed by atoms with Gasteiger partial charge in [-0.2, -0.15) is 0 Å². The maximum Gasteiger partial charge on any atom is 0.123 e. The Bertz CT molecular complexity index is 527. The number of nitrogens with one attached hydrogen (secondary N) is 1. The number of methoxy groups -OCH3 is 1. The van der Waals surface area contributed by atoms with E-state index < -0.39 is 0 Å².